The van der Waals surface area contributed by atoms with Crippen LogP contribution in [0.15, 0.2) is 21.1 Å². The molecule has 0 radical (unpaired) electrons. The number of benzene rings is 1. The summed E-state index contributed by atoms with van der Waals surface area (Å²) in [5, 5.41) is 0.686. The van der Waals surface area contributed by atoms with E-state index in [1.54, 1.807) is 0 Å². The number of hydrogen-bond acceptors (Lipinski definition) is 0. The van der Waals surface area contributed by atoms with Crippen LogP contribution in [0.2, 0.25) is 5.02 Å². The molecule has 0 spiro atoms. The summed E-state index contributed by atoms with van der Waals surface area (Å²) in [4.78, 5) is 0. The van der Waals surface area contributed by atoms with Gasteiger partial charge < -0.3 is 0 Å². The summed E-state index contributed by atoms with van der Waals surface area (Å²) in [6, 6.07) is 3.71. The van der Waals surface area contributed by atoms with Crippen molar-refractivity contribution in [3.63, 3.8) is 0 Å². The molecule has 0 bridgehead atoms. The molecule has 0 N–H and O–H groups in total. The zero-order valence-electron chi connectivity index (χ0n) is 5.37. The fourth-order valence-corrected chi connectivity index (χ4v) is 2.20. The van der Waals surface area contributed by atoms with Gasteiger partial charge in [0.1, 0.15) is 0 Å². The highest BCUT2D eigenvalue weighted by atomic mass is 79.9. The van der Waals surface area contributed by atoms with E-state index in [1.165, 1.54) is 0 Å². The molecule has 60 valence electrons. The number of alkyl halides is 1. The molecule has 1 aromatic carbocycles. The Morgan fingerprint density at radius 2 is 1.82 bits per heavy atom. The number of hydrogen-bond donors (Lipinski definition) is 0. The highest BCUT2D eigenvalue weighted by Gasteiger charge is 2.05. The van der Waals surface area contributed by atoms with Crippen molar-refractivity contribution in [1.29, 1.82) is 0 Å². The maximum atomic E-state index is 5.82. The first kappa shape index (κ1) is 9.85. The molecule has 0 aromatic heterocycles. The predicted molar refractivity (Wildman–Crippen MR) is 56.4 cm³/mol. The van der Waals surface area contributed by atoms with E-state index >= 15 is 0 Å². The molecule has 0 aliphatic carbocycles. The molecule has 0 nitrogen and oxygen atoms in total. The summed E-state index contributed by atoms with van der Waals surface area (Å²) < 4.78 is 1.79. The molecule has 0 fully saturated rings. The van der Waals surface area contributed by atoms with E-state index in [9.17, 15) is 0 Å². The first-order chi connectivity index (χ1) is 5.16. The van der Waals surface area contributed by atoms with Gasteiger partial charge in [0.15, 0.2) is 0 Å². The molecular weight excluding hydrogens is 315 g/mol. The van der Waals surface area contributed by atoms with Gasteiger partial charge in [-0.25, -0.2) is 0 Å². The Labute approximate surface area is 92.1 Å². The van der Waals surface area contributed by atoms with Crippen LogP contribution in [0.5, 0.6) is 0 Å². The summed E-state index contributed by atoms with van der Waals surface area (Å²) >= 11 is 18.2. The molecule has 0 saturated carbocycles. The molecule has 0 amide bonds. The maximum Gasteiger partial charge on any atom is 0.0559 e. The average molecular weight is 319 g/mol. The van der Waals surface area contributed by atoms with Gasteiger partial charge in [-0.2, -0.15) is 0 Å². The smallest absolute Gasteiger partial charge is 0.0559 e. The minimum atomic E-state index is 0.482. The molecule has 0 atom stereocenters. The minimum Gasteiger partial charge on any atom is -0.122 e. The van der Waals surface area contributed by atoms with Crippen LogP contribution in [0.3, 0.4) is 0 Å². The van der Waals surface area contributed by atoms with Gasteiger partial charge in [-0.05, 0) is 43.5 Å². The van der Waals surface area contributed by atoms with Gasteiger partial charge in [0.05, 0.1) is 9.50 Å². The first-order valence-electron chi connectivity index (χ1n) is 2.85. The van der Waals surface area contributed by atoms with Gasteiger partial charge in [-0.3, -0.25) is 0 Å². The third kappa shape index (κ3) is 2.11. The van der Waals surface area contributed by atoms with Crippen LogP contribution in [0, 0.1) is 0 Å². The van der Waals surface area contributed by atoms with Crippen LogP contribution in [0.25, 0.3) is 0 Å². The molecule has 0 heterocycles. The second-order valence-electron chi connectivity index (χ2n) is 1.97. The van der Waals surface area contributed by atoms with Gasteiger partial charge in [0, 0.05) is 10.4 Å². The fraction of sp³-hybridized carbons (Fsp3) is 0.143. The van der Waals surface area contributed by atoms with Gasteiger partial charge in [0.25, 0.3) is 0 Å². The van der Waals surface area contributed by atoms with E-state index in [0.717, 1.165) is 14.5 Å². The lowest BCUT2D eigenvalue weighted by Gasteiger charge is -2.03. The topological polar surface area (TPSA) is 0 Å². The molecule has 0 aliphatic heterocycles. The standard InChI is InChI=1S/C7H4Br2Cl2/c8-6-4(3-10)1-2-5(11)7(6)9/h1-2H,3H2. The normalized spacial score (nSPS) is 10.2. The van der Waals surface area contributed by atoms with Crippen LogP contribution in [0.4, 0.5) is 0 Å². The van der Waals surface area contributed by atoms with E-state index in [1.807, 2.05) is 12.1 Å². The molecular formula is C7H4Br2Cl2. The number of halogens is 4. The second-order valence-corrected chi connectivity index (χ2v) is 4.23. The predicted octanol–water partition coefficient (Wildman–Crippen LogP) is 4.60. The van der Waals surface area contributed by atoms with E-state index < -0.39 is 0 Å². The summed E-state index contributed by atoms with van der Waals surface area (Å²) in [6.45, 7) is 0. The Hall–Kier alpha value is 0.760. The summed E-state index contributed by atoms with van der Waals surface area (Å²) in [5.74, 6) is 0.482. The molecule has 0 unspecified atom stereocenters. The molecule has 4 heteroatoms. The third-order valence-electron chi connectivity index (χ3n) is 1.26. The highest BCUT2D eigenvalue weighted by Crippen LogP contribution is 2.33. The van der Waals surface area contributed by atoms with E-state index in [2.05, 4.69) is 31.9 Å². The lowest BCUT2D eigenvalue weighted by molar-refractivity contribution is 1.35. The number of rotatable bonds is 1. The Morgan fingerprint density at radius 1 is 1.18 bits per heavy atom. The van der Waals surface area contributed by atoms with Crippen LogP contribution >= 0.6 is 55.1 Å². The van der Waals surface area contributed by atoms with Crippen molar-refractivity contribution in [2.75, 3.05) is 0 Å². The van der Waals surface area contributed by atoms with E-state index in [4.69, 9.17) is 23.2 Å². The molecule has 11 heavy (non-hydrogen) atoms. The van der Waals surface area contributed by atoms with Crippen molar-refractivity contribution >= 4 is 55.1 Å². The largest absolute Gasteiger partial charge is 0.122 e. The van der Waals surface area contributed by atoms with E-state index in [0.29, 0.717) is 10.9 Å². The van der Waals surface area contributed by atoms with Gasteiger partial charge in [-0.15, -0.1) is 11.6 Å². The summed E-state index contributed by atoms with van der Waals surface area (Å²) in [7, 11) is 0. The van der Waals surface area contributed by atoms with Gasteiger partial charge in [-0.1, -0.05) is 17.7 Å². The summed E-state index contributed by atoms with van der Waals surface area (Å²) in [5.41, 5.74) is 1.03. The van der Waals surface area contributed by atoms with Crippen LogP contribution in [-0.4, -0.2) is 0 Å². The van der Waals surface area contributed by atoms with Crippen molar-refractivity contribution < 1.29 is 0 Å². The van der Waals surface area contributed by atoms with Crippen molar-refractivity contribution in [1.82, 2.24) is 0 Å². The molecule has 1 aromatic rings. The minimum absolute atomic E-state index is 0.482. The highest BCUT2D eigenvalue weighted by molar-refractivity contribution is 9.13. The fourth-order valence-electron chi connectivity index (χ4n) is 0.669. The molecule has 0 saturated heterocycles. The monoisotopic (exact) mass is 316 g/mol. The second kappa shape index (κ2) is 4.13. The average Bonchev–Trinajstić information content (AvgIpc) is 2.01. The van der Waals surface area contributed by atoms with E-state index in [-0.39, 0.29) is 0 Å². The maximum absolute atomic E-state index is 5.82. The third-order valence-corrected chi connectivity index (χ3v) is 4.35. The van der Waals surface area contributed by atoms with Crippen molar-refractivity contribution in [3.05, 3.63) is 31.7 Å². The quantitative estimate of drug-likeness (QED) is 0.524. The van der Waals surface area contributed by atoms with Crippen LogP contribution < -0.4 is 0 Å². The zero-order valence-corrected chi connectivity index (χ0v) is 10.1. The molecule has 1 rings (SSSR count). The Bertz CT molecular complexity index is 273. The van der Waals surface area contributed by atoms with Crippen LogP contribution in [-0.2, 0) is 5.88 Å². The Balaban J connectivity index is 3.25. The SMILES string of the molecule is ClCc1ccc(Cl)c(Br)c1Br. The Morgan fingerprint density at radius 3 is 2.36 bits per heavy atom. The van der Waals surface area contributed by atoms with Gasteiger partial charge in [0.2, 0.25) is 0 Å². The summed E-state index contributed by atoms with van der Waals surface area (Å²) in [6.07, 6.45) is 0. The van der Waals surface area contributed by atoms with Crippen molar-refractivity contribution in [2.24, 2.45) is 0 Å². The van der Waals surface area contributed by atoms with Crippen LogP contribution in [0.1, 0.15) is 5.56 Å². The van der Waals surface area contributed by atoms with Crippen molar-refractivity contribution in [3.8, 4) is 0 Å². The lowest BCUT2D eigenvalue weighted by Crippen LogP contribution is -1.81. The van der Waals surface area contributed by atoms with Gasteiger partial charge >= 0.3 is 0 Å². The van der Waals surface area contributed by atoms with Crippen molar-refractivity contribution in [2.45, 2.75) is 5.88 Å². The Kier molecular flexibility index (Phi) is 3.69. The first-order valence-corrected chi connectivity index (χ1v) is 5.35. The molecule has 0 aliphatic rings. The zero-order chi connectivity index (χ0) is 8.43. The lowest BCUT2D eigenvalue weighted by atomic mass is 10.2.